The van der Waals surface area contributed by atoms with Gasteiger partial charge in [-0.25, -0.2) is 4.98 Å². The minimum absolute atomic E-state index is 0.205. The number of carbonyl (C=O) groups is 2. The summed E-state index contributed by atoms with van der Waals surface area (Å²) in [5, 5.41) is 11.5. The van der Waals surface area contributed by atoms with Crippen LogP contribution in [0.3, 0.4) is 0 Å². The van der Waals surface area contributed by atoms with Crippen LogP contribution in [0, 0.1) is 12.3 Å². The number of rotatable bonds is 4. The van der Waals surface area contributed by atoms with Crippen LogP contribution in [0.25, 0.3) is 0 Å². The highest BCUT2D eigenvalue weighted by Crippen LogP contribution is 2.46. The number of nitrogens with zero attached hydrogens (tertiary/aromatic N) is 1. The van der Waals surface area contributed by atoms with E-state index in [2.05, 4.69) is 10.3 Å². The standard InChI is InChI=1S/C10H12N2O4/c1-6-7(12-5-16-6)4-11-8(13)10(2-3-10)9(14)15/h5H,2-4H2,1H3,(H,11,13)(H,14,15). The number of carbonyl (C=O) groups excluding carboxylic acids is 1. The molecular formula is C10H12N2O4. The average Bonchev–Trinajstić information content (AvgIpc) is 2.95. The molecule has 0 spiro atoms. The third-order valence-electron chi connectivity index (χ3n) is 2.85. The van der Waals surface area contributed by atoms with Gasteiger partial charge in [0.2, 0.25) is 5.91 Å². The molecule has 1 saturated carbocycles. The molecule has 1 aromatic rings. The van der Waals surface area contributed by atoms with Crippen LogP contribution in [-0.2, 0) is 16.1 Å². The predicted octanol–water partition coefficient (Wildman–Crippen LogP) is 0.464. The van der Waals surface area contributed by atoms with Gasteiger partial charge in [-0.2, -0.15) is 0 Å². The van der Waals surface area contributed by atoms with Gasteiger partial charge in [-0.15, -0.1) is 0 Å². The number of oxazole rings is 1. The smallest absolute Gasteiger partial charge is 0.319 e. The molecule has 1 aliphatic rings. The fraction of sp³-hybridized carbons (Fsp3) is 0.500. The molecule has 2 rings (SSSR count). The van der Waals surface area contributed by atoms with E-state index in [1.54, 1.807) is 6.92 Å². The third-order valence-corrected chi connectivity index (χ3v) is 2.85. The first-order chi connectivity index (χ1) is 7.56. The highest BCUT2D eigenvalue weighted by Gasteiger charge is 2.56. The molecule has 0 atom stereocenters. The van der Waals surface area contributed by atoms with Gasteiger partial charge in [-0.1, -0.05) is 0 Å². The summed E-state index contributed by atoms with van der Waals surface area (Å²) < 4.78 is 4.97. The van der Waals surface area contributed by atoms with Gasteiger partial charge in [0.05, 0.1) is 6.54 Å². The van der Waals surface area contributed by atoms with Gasteiger partial charge in [-0.3, -0.25) is 9.59 Å². The number of hydrogen-bond donors (Lipinski definition) is 2. The molecule has 0 radical (unpaired) electrons. The number of carboxylic acid groups (broad SMARTS) is 1. The Morgan fingerprint density at radius 2 is 2.31 bits per heavy atom. The zero-order valence-electron chi connectivity index (χ0n) is 8.82. The first kappa shape index (κ1) is 10.7. The maximum absolute atomic E-state index is 11.6. The molecule has 2 N–H and O–H groups in total. The topological polar surface area (TPSA) is 92.4 Å². The second kappa shape index (κ2) is 3.62. The van der Waals surface area contributed by atoms with Crippen LogP contribution >= 0.6 is 0 Å². The van der Waals surface area contributed by atoms with Gasteiger partial charge in [0.25, 0.3) is 0 Å². The number of carboxylic acids is 1. The van der Waals surface area contributed by atoms with Gasteiger partial charge in [0.1, 0.15) is 16.9 Å². The van der Waals surface area contributed by atoms with Crippen LogP contribution in [0.2, 0.25) is 0 Å². The molecule has 1 heterocycles. The largest absolute Gasteiger partial charge is 0.480 e. The summed E-state index contributed by atoms with van der Waals surface area (Å²) in [6.45, 7) is 1.94. The van der Waals surface area contributed by atoms with Crippen molar-refractivity contribution >= 4 is 11.9 Å². The molecule has 1 aliphatic carbocycles. The van der Waals surface area contributed by atoms with Gasteiger partial charge < -0.3 is 14.8 Å². The van der Waals surface area contributed by atoms with Crippen molar-refractivity contribution in [3.63, 3.8) is 0 Å². The molecule has 0 bridgehead atoms. The molecule has 0 aromatic carbocycles. The fourth-order valence-corrected chi connectivity index (χ4v) is 1.49. The van der Waals surface area contributed by atoms with E-state index in [1.165, 1.54) is 6.39 Å². The lowest BCUT2D eigenvalue weighted by Gasteiger charge is -2.09. The summed E-state index contributed by atoms with van der Waals surface area (Å²) in [6.07, 6.45) is 2.11. The van der Waals surface area contributed by atoms with E-state index in [9.17, 15) is 9.59 Å². The quantitative estimate of drug-likeness (QED) is 0.725. The van der Waals surface area contributed by atoms with Crippen molar-refractivity contribution < 1.29 is 19.1 Å². The molecule has 6 heteroatoms. The molecule has 1 fully saturated rings. The van der Waals surface area contributed by atoms with Crippen LogP contribution in [-0.4, -0.2) is 22.0 Å². The zero-order chi connectivity index (χ0) is 11.8. The van der Waals surface area contributed by atoms with Crippen molar-refractivity contribution in [2.45, 2.75) is 26.3 Å². The lowest BCUT2D eigenvalue weighted by atomic mass is 10.1. The van der Waals surface area contributed by atoms with Crippen molar-refractivity contribution in [3.8, 4) is 0 Å². The van der Waals surface area contributed by atoms with E-state index in [4.69, 9.17) is 9.52 Å². The average molecular weight is 224 g/mol. The molecule has 0 aliphatic heterocycles. The number of amides is 1. The van der Waals surface area contributed by atoms with E-state index in [-0.39, 0.29) is 6.54 Å². The first-order valence-corrected chi connectivity index (χ1v) is 4.97. The molecule has 16 heavy (non-hydrogen) atoms. The Bertz CT molecular complexity index is 434. The van der Waals surface area contributed by atoms with Crippen molar-refractivity contribution in [3.05, 3.63) is 17.8 Å². The second-order valence-electron chi connectivity index (χ2n) is 3.93. The van der Waals surface area contributed by atoms with Crippen molar-refractivity contribution in [2.75, 3.05) is 0 Å². The first-order valence-electron chi connectivity index (χ1n) is 4.97. The van der Waals surface area contributed by atoms with Gasteiger partial charge in [0, 0.05) is 0 Å². The minimum Gasteiger partial charge on any atom is -0.480 e. The summed E-state index contributed by atoms with van der Waals surface area (Å²) in [5.74, 6) is -0.871. The Morgan fingerprint density at radius 1 is 1.62 bits per heavy atom. The maximum Gasteiger partial charge on any atom is 0.319 e. The van der Waals surface area contributed by atoms with Gasteiger partial charge >= 0.3 is 5.97 Å². The van der Waals surface area contributed by atoms with Gasteiger partial charge in [-0.05, 0) is 19.8 Å². The minimum atomic E-state index is -1.20. The van der Waals surface area contributed by atoms with E-state index in [1.807, 2.05) is 0 Å². The summed E-state index contributed by atoms with van der Waals surface area (Å²) in [4.78, 5) is 26.4. The van der Waals surface area contributed by atoms with Crippen LogP contribution in [0.1, 0.15) is 24.3 Å². The van der Waals surface area contributed by atoms with Crippen molar-refractivity contribution in [2.24, 2.45) is 5.41 Å². The van der Waals surface area contributed by atoms with Crippen LogP contribution in [0.15, 0.2) is 10.8 Å². The third kappa shape index (κ3) is 1.66. The Balaban J connectivity index is 1.95. The summed E-state index contributed by atoms with van der Waals surface area (Å²) >= 11 is 0. The Labute approximate surface area is 91.7 Å². The Kier molecular flexibility index (Phi) is 2.41. The summed E-state index contributed by atoms with van der Waals surface area (Å²) in [5.41, 5.74) is -0.577. The molecule has 1 amide bonds. The SMILES string of the molecule is Cc1ocnc1CNC(=O)C1(C(=O)O)CC1. The summed E-state index contributed by atoms with van der Waals surface area (Å²) in [7, 11) is 0. The number of aryl methyl sites for hydroxylation is 1. The van der Waals surface area contributed by atoms with Crippen molar-refractivity contribution in [1.82, 2.24) is 10.3 Å². The zero-order valence-corrected chi connectivity index (χ0v) is 8.82. The normalized spacial score (nSPS) is 16.8. The second-order valence-corrected chi connectivity index (χ2v) is 3.93. The predicted molar refractivity (Wildman–Crippen MR) is 52.4 cm³/mol. The lowest BCUT2D eigenvalue weighted by Crippen LogP contribution is -2.36. The van der Waals surface area contributed by atoms with Crippen LogP contribution in [0.5, 0.6) is 0 Å². The number of nitrogens with one attached hydrogen (secondary N) is 1. The highest BCUT2D eigenvalue weighted by atomic mass is 16.4. The molecule has 1 aromatic heterocycles. The molecular weight excluding hydrogens is 212 g/mol. The van der Waals surface area contributed by atoms with Crippen LogP contribution in [0.4, 0.5) is 0 Å². The lowest BCUT2D eigenvalue weighted by molar-refractivity contribution is -0.149. The Hall–Kier alpha value is -1.85. The number of aromatic nitrogens is 1. The molecule has 86 valence electrons. The monoisotopic (exact) mass is 224 g/mol. The molecule has 0 unspecified atom stereocenters. The van der Waals surface area contributed by atoms with Crippen LogP contribution < -0.4 is 5.32 Å². The van der Waals surface area contributed by atoms with E-state index < -0.39 is 17.3 Å². The molecule has 0 saturated heterocycles. The fourth-order valence-electron chi connectivity index (χ4n) is 1.49. The summed E-state index contributed by atoms with van der Waals surface area (Å²) in [6, 6.07) is 0. The maximum atomic E-state index is 11.6. The van der Waals surface area contributed by atoms with Crippen molar-refractivity contribution in [1.29, 1.82) is 0 Å². The highest BCUT2D eigenvalue weighted by molar-refractivity contribution is 6.04. The van der Waals surface area contributed by atoms with E-state index in [0.717, 1.165) is 0 Å². The van der Waals surface area contributed by atoms with E-state index >= 15 is 0 Å². The Morgan fingerprint density at radius 3 is 2.75 bits per heavy atom. The van der Waals surface area contributed by atoms with Gasteiger partial charge in [0.15, 0.2) is 6.39 Å². The number of aliphatic carboxylic acids is 1. The van der Waals surface area contributed by atoms with E-state index in [0.29, 0.717) is 24.3 Å². The number of hydrogen-bond acceptors (Lipinski definition) is 4. The molecule has 6 nitrogen and oxygen atoms in total.